The molecule has 37 heavy (non-hydrogen) atoms. The van der Waals surface area contributed by atoms with Gasteiger partial charge >= 0.3 is 5.97 Å². The van der Waals surface area contributed by atoms with E-state index in [0.29, 0.717) is 11.5 Å². The Bertz CT molecular complexity index is 1250. The lowest BCUT2D eigenvalue weighted by atomic mass is 9.99. The van der Waals surface area contributed by atoms with Crippen LogP contribution in [0.4, 0.5) is 0 Å². The van der Waals surface area contributed by atoms with Gasteiger partial charge in [0.05, 0.1) is 34.9 Å². The van der Waals surface area contributed by atoms with Crippen molar-refractivity contribution in [1.29, 1.82) is 0 Å². The van der Waals surface area contributed by atoms with Gasteiger partial charge in [0.25, 0.3) is 0 Å². The minimum absolute atomic E-state index is 0.00967. The van der Waals surface area contributed by atoms with Crippen molar-refractivity contribution in [3.05, 3.63) is 58.2 Å². The van der Waals surface area contributed by atoms with Crippen LogP contribution >= 0.6 is 0 Å². The number of nitrogens with one attached hydrogen (secondary N) is 1. The molecule has 2 aromatic rings. The number of amides is 1. The van der Waals surface area contributed by atoms with E-state index in [-0.39, 0.29) is 23.9 Å². The molecule has 8 heteroatoms. The van der Waals surface area contributed by atoms with Gasteiger partial charge in [-0.2, -0.15) is 0 Å². The first-order valence-corrected chi connectivity index (χ1v) is 12.2. The van der Waals surface area contributed by atoms with Gasteiger partial charge in [0.2, 0.25) is 5.91 Å². The number of allylic oxidation sites excluding steroid dienone is 2. The summed E-state index contributed by atoms with van der Waals surface area (Å²) in [4.78, 5) is 27.6. The van der Waals surface area contributed by atoms with Crippen molar-refractivity contribution < 1.29 is 28.5 Å². The molecule has 1 heterocycles. The van der Waals surface area contributed by atoms with Gasteiger partial charge in [0.1, 0.15) is 22.8 Å². The van der Waals surface area contributed by atoms with E-state index in [1.165, 1.54) is 21.3 Å². The number of esters is 1. The minimum Gasteiger partial charge on any atom is -0.497 e. The van der Waals surface area contributed by atoms with E-state index >= 15 is 0 Å². The van der Waals surface area contributed by atoms with Crippen molar-refractivity contribution in [1.82, 2.24) is 10.2 Å². The third-order valence-electron chi connectivity index (χ3n) is 7.02. The Morgan fingerprint density at radius 2 is 1.73 bits per heavy atom. The van der Waals surface area contributed by atoms with Crippen molar-refractivity contribution in [2.75, 3.05) is 48.6 Å². The van der Waals surface area contributed by atoms with Crippen molar-refractivity contribution >= 4 is 29.1 Å². The van der Waals surface area contributed by atoms with Crippen LogP contribution < -0.4 is 19.5 Å². The summed E-state index contributed by atoms with van der Waals surface area (Å²) < 4.78 is 21.4. The molecule has 4 rings (SSSR count). The summed E-state index contributed by atoms with van der Waals surface area (Å²) >= 11 is 0. The lowest BCUT2D eigenvalue weighted by Gasteiger charge is -2.14. The summed E-state index contributed by atoms with van der Waals surface area (Å²) in [6.45, 7) is 3.88. The molecule has 0 bridgehead atoms. The molecule has 1 amide bonds. The molecule has 0 spiro atoms. The normalized spacial score (nSPS) is 18.1. The van der Waals surface area contributed by atoms with Gasteiger partial charge in [0.15, 0.2) is 0 Å². The molecule has 1 unspecified atom stereocenters. The molecular weight excluding hydrogens is 472 g/mol. The van der Waals surface area contributed by atoms with Crippen molar-refractivity contribution in [2.24, 2.45) is 0 Å². The van der Waals surface area contributed by atoms with Crippen LogP contribution in [0.1, 0.15) is 46.8 Å². The number of methoxy groups -OCH3 is 4. The number of hydrogen-bond acceptors (Lipinski definition) is 7. The number of carbonyl (C=O) groups excluding carboxylic acids is 2. The fourth-order valence-corrected chi connectivity index (χ4v) is 5.09. The number of likely N-dealkylation sites (tertiary alicyclic amines) is 1. The molecule has 1 fully saturated rings. The summed E-state index contributed by atoms with van der Waals surface area (Å²) in [5, 5.41) is 3.19. The fraction of sp³-hybridized carbons (Fsp3) is 0.379. The van der Waals surface area contributed by atoms with Gasteiger partial charge in [-0.1, -0.05) is 6.07 Å². The Morgan fingerprint density at radius 1 is 1.03 bits per heavy atom. The second kappa shape index (κ2) is 11.1. The first-order valence-electron chi connectivity index (χ1n) is 12.2. The number of ether oxygens (including phenoxy) is 4. The van der Waals surface area contributed by atoms with E-state index in [1.54, 1.807) is 19.2 Å². The highest BCUT2D eigenvalue weighted by Crippen LogP contribution is 2.45. The van der Waals surface area contributed by atoms with E-state index in [0.717, 1.165) is 58.7 Å². The second-order valence-corrected chi connectivity index (χ2v) is 9.36. The van der Waals surface area contributed by atoms with Crippen LogP contribution in [0.3, 0.4) is 0 Å². The maximum absolute atomic E-state index is 13.0. The zero-order chi connectivity index (χ0) is 26.7. The molecule has 1 saturated heterocycles. The molecule has 1 atom stereocenters. The number of likely N-dealkylation sites (N-methyl/N-ethyl adjacent to an activating group) is 1. The SMILES string of the molecule is COC(=O)c1c(OC)cc(/C=C2/C(C)=C(CC(=O)NC3CCN(C)C3)c3cc(OC)ccc32)cc1OC. The van der Waals surface area contributed by atoms with E-state index in [1.807, 2.05) is 31.2 Å². The molecular formula is C29H34N2O6. The Hall–Kier alpha value is -3.78. The van der Waals surface area contributed by atoms with Crippen LogP contribution in [0.5, 0.6) is 17.2 Å². The van der Waals surface area contributed by atoms with Gasteiger partial charge in [-0.25, -0.2) is 4.79 Å². The number of hydrogen-bond donors (Lipinski definition) is 1. The smallest absolute Gasteiger partial charge is 0.345 e. The number of nitrogens with zero attached hydrogens (tertiary/aromatic N) is 1. The second-order valence-electron chi connectivity index (χ2n) is 9.36. The van der Waals surface area contributed by atoms with Gasteiger partial charge in [-0.15, -0.1) is 0 Å². The number of rotatable bonds is 8. The summed E-state index contributed by atoms with van der Waals surface area (Å²) in [7, 11) is 8.02. The van der Waals surface area contributed by atoms with E-state index in [2.05, 4.69) is 17.3 Å². The van der Waals surface area contributed by atoms with Crippen LogP contribution in [-0.4, -0.2) is 71.4 Å². The summed E-state index contributed by atoms with van der Waals surface area (Å²) in [6.07, 6.45) is 3.25. The molecule has 0 saturated carbocycles. The molecule has 1 aliphatic carbocycles. The van der Waals surface area contributed by atoms with Crippen LogP contribution in [0.25, 0.3) is 17.2 Å². The topological polar surface area (TPSA) is 86.3 Å². The zero-order valence-corrected chi connectivity index (χ0v) is 22.3. The third-order valence-corrected chi connectivity index (χ3v) is 7.02. The number of benzene rings is 2. The van der Waals surface area contributed by atoms with Crippen LogP contribution in [0.2, 0.25) is 0 Å². The Balaban J connectivity index is 1.75. The molecule has 2 aliphatic rings. The predicted molar refractivity (Wildman–Crippen MR) is 143 cm³/mol. The molecule has 0 aromatic heterocycles. The molecule has 196 valence electrons. The van der Waals surface area contributed by atoms with E-state index in [4.69, 9.17) is 18.9 Å². The van der Waals surface area contributed by atoms with Gasteiger partial charge in [0, 0.05) is 12.6 Å². The molecule has 0 radical (unpaired) electrons. The third kappa shape index (κ3) is 5.34. The average molecular weight is 507 g/mol. The van der Waals surface area contributed by atoms with Crippen molar-refractivity contribution in [2.45, 2.75) is 25.8 Å². The quantitative estimate of drug-likeness (QED) is 0.541. The molecule has 1 N–H and O–H groups in total. The molecule has 1 aliphatic heterocycles. The predicted octanol–water partition coefficient (Wildman–Crippen LogP) is 4.04. The largest absolute Gasteiger partial charge is 0.497 e. The summed E-state index contributed by atoms with van der Waals surface area (Å²) in [6, 6.07) is 9.63. The lowest BCUT2D eigenvalue weighted by molar-refractivity contribution is -0.120. The summed E-state index contributed by atoms with van der Waals surface area (Å²) in [5.74, 6) is 0.913. The van der Waals surface area contributed by atoms with Crippen molar-refractivity contribution in [3.8, 4) is 17.2 Å². The van der Waals surface area contributed by atoms with E-state index < -0.39 is 5.97 Å². The zero-order valence-electron chi connectivity index (χ0n) is 22.3. The maximum Gasteiger partial charge on any atom is 0.345 e. The van der Waals surface area contributed by atoms with E-state index in [9.17, 15) is 9.59 Å². The highest BCUT2D eigenvalue weighted by atomic mass is 16.5. The van der Waals surface area contributed by atoms with Gasteiger partial charge < -0.3 is 29.2 Å². The van der Waals surface area contributed by atoms with Gasteiger partial charge in [-0.05, 0) is 90.7 Å². The van der Waals surface area contributed by atoms with Crippen LogP contribution in [-0.2, 0) is 9.53 Å². The Kier molecular flexibility index (Phi) is 7.88. The van der Waals surface area contributed by atoms with Gasteiger partial charge in [-0.3, -0.25) is 4.79 Å². The molecule has 8 nitrogen and oxygen atoms in total. The first kappa shape index (κ1) is 26.3. The lowest BCUT2D eigenvalue weighted by Crippen LogP contribution is -2.36. The monoisotopic (exact) mass is 506 g/mol. The first-order chi connectivity index (χ1) is 17.8. The Labute approximate surface area is 217 Å². The highest BCUT2D eigenvalue weighted by Gasteiger charge is 2.28. The minimum atomic E-state index is -0.538. The Morgan fingerprint density at radius 3 is 2.30 bits per heavy atom. The van der Waals surface area contributed by atoms with Crippen LogP contribution in [0.15, 0.2) is 35.9 Å². The molecule has 2 aromatic carbocycles. The number of carbonyl (C=O) groups is 2. The fourth-order valence-electron chi connectivity index (χ4n) is 5.09. The summed E-state index contributed by atoms with van der Waals surface area (Å²) in [5.41, 5.74) is 5.97. The highest BCUT2D eigenvalue weighted by molar-refractivity contribution is 6.08. The standard InChI is InChI=1S/C29H34N2O6/c1-17-22(11-18-12-25(35-4)28(29(33)37-6)26(13-18)36-5)21-8-7-20(34-3)14-24(21)23(17)15-27(32)30-19-9-10-31(2)16-19/h7-8,11-14,19H,9-10,15-16H2,1-6H3,(H,30,32)/b22-11-. The van der Waals surface area contributed by atoms with Crippen LogP contribution in [0, 0.1) is 0 Å². The maximum atomic E-state index is 13.0. The van der Waals surface area contributed by atoms with Crippen molar-refractivity contribution in [3.63, 3.8) is 0 Å². The average Bonchev–Trinajstić information content (AvgIpc) is 3.42. The number of fused-ring (bicyclic) bond motifs is 1.